The third-order valence-corrected chi connectivity index (χ3v) is 2.49. The molecule has 3 N–H and O–H groups in total. The SMILES string of the molecule is CNc1ccc(C(O)C(O)CC#N)cc1[N+](=O)[O-]. The molecule has 0 bridgehead atoms. The first-order valence-electron chi connectivity index (χ1n) is 5.20. The second kappa shape index (κ2) is 5.95. The van der Waals surface area contributed by atoms with E-state index in [1.807, 2.05) is 0 Å². The molecule has 0 aliphatic rings. The van der Waals surface area contributed by atoms with E-state index in [-0.39, 0.29) is 17.7 Å². The molecule has 1 aromatic carbocycles. The molecule has 7 nitrogen and oxygen atoms in total. The quantitative estimate of drug-likeness (QED) is 0.529. The fourth-order valence-electron chi connectivity index (χ4n) is 1.52. The molecule has 0 heterocycles. The van der Waals surface area contributed by atoms with E-state index in [9.17, 15) is 20.3 Å². The minimum atomic E-state index is -1.32. The summed E-state index contributed by atoms with van der Waals surface area (Å²) in [5.41, 5.74) is 0.312. The van der Waals surface area contributed by atoms with E-state index in [1.54, 1.807) is 13.1 Å². The number of nitriles is 1. The fraction of sp³-hybridized carbons (Fsp3) is 0.364. The van der Waals surface area contributed by atoms with Crippen LogP contribution in [0, 0.1) is 21.4 Å². The van der Waals surface area contributed by atoms with Crippen LogP contribution in [0.5, 0.6) is 0 Å². The van der Waals surface area contributed by atoms with Gasteiger partial charge in [0.25, 0.3) is 5.69 Å². The summed E-state index contributed by atoms with van der Waals surface area (Å²) in [7, 11) is 1.54. The van der Waals surface area contributed by atoms with Gasteiger partial charge in [-0.25, -0.2) is 0 Å². The van der Waals surface area contributed by atoms with E-state index in [0.29, 0.717) is 5.69 Å². The maximum Gasteiger partial charge on any atom is 0.292 e. The number of aliphatic hydroxyl groups excluding tert-OH is 2. The Bertz CT molecular complexity index is 484. The summed E-state index contributed by atoms with van der Waals surface area (Å²) in [6, 6.07) is 5.80. The molecule has 0 aliphatic carbocycles. The van der Waals surface area contributed by atoms with Crippen LogP contribution in [-0.2, 0) is 0 Å². The van der Waals surface area contributed by atoms with Crippen LogP contribution in [0.3, 0.4) is 0 Å². The number of hydrogen-bond donors (Lipinski definition) is 3. The van der Waals surface area contributed by atoms with Gasteiger partial charge in [0.05, 0.1) is 23.5 Å². The zero-order chi connectivity index (χ0) is 13.7. The first-order chi connectivity index (χ1) is 8.51. The van der Waals surface area contributed by atoms with Gasteiger partial charge < -0.3 is 15.5 Å². The molecular weight excluding hydrogens is 238 g/mol. The Balaban J connectivity index is 3.08. The molecule has 0 saturated heterocycles. The molecule has 2 unspecified atom stereocenters. The van der Waals surface area contributed by atoms with E-state index in [4.69, 9.17) is 5.26 Å². The molecule has 0 spiro atoms. The van der Waals surface area contributed by atoms with Crippen molar-refractivity contribution in [2.75, 3.05) is 12.4 Å². The van der Waals surface area contributed by atoms with E-state index >= 15 is 0 Å². The summed E-state index contributed by atoms with van der Waals surface area (Å²) in [4.78, 5) is 10.2. The highest BCUT2D eigenvalue weighted by Crippen LogP contribution is 2.29. The lowest BCUT2D eigenvalue weighted by Gasteiger charge is -2.15. The highest BCUT2D eigenvalue weighted by atomic mass is 16.6. The van der Waals surface area contributed by atoms with E-state index in [0.717, 1.165) is 0 Å². The van der Waals surface area contributed by atoms with Crippen molar-refractivity contribution in [2.24, 2.45) is 0 Å². The number of hydrogen-bond acceptors (Lipinski definition) is 6. The van der Waals surface area contributed by atoms with Gasteiger partial charge in [0.1, 0.15) is 11.8 Å². The second-order valence-corrected chi connectivity index (χ2v) is 3.66. The first kappa shape index (κ1) is 13.9. The number of anilines is 1. The molecule has 0 radical (unpaired) electrons. The van der Waals surface area contributed by atoms with Gasteiger partial charge >= 0.3 is 0 Å². The van der Waals surface area contributed by atoms with Crippen molar-refractivity contribution in [3.8, 4) is 6.07 Å². The predicted molar refractivity (Wildman–Crippen MR) is 63.8 cm³/mol. The Morgan fingerprint density at radius 3 is 2.72 bits per heavy atom. The number of nitro groups is 1. The summed E-state index contributed by atoms with van der Waals surface area (Å²) in [6.45, 7) is 0. The monoisotopic (exact) mass is 251 g/mol. The maximum atomic E-state index is 10.8. The van der Waals surface area contributed by atoms with Gasteiger partial charge in [-0.2, -0.15) is 5.26 Å². The Labute approximate surface area is 103 Å². The number of aliphatic hydroxyl groups is 2. The molecule has 96 valence electrons. The summed E-state index contributed by atoms with van der Waals surface area (Å²) in [6.07, 6.45) is -2.84. The Morgan fingerprint density at radius 2 is 2.22 bits per heavy atom. The number of nitrogens with one attached hydrogen (secondary N) is 1. The average molecular weight is 251 g/mol. The first-order valence-corrected chi connectivity index (χ1v) is 5.20. The standard InChI is InChI=1S/C11H13N3O4/c1-13-8-3-2-7(6-9(8)14(17)18)11(16)10(15)4-5-12/h2-3,6,10-11,13,15-16H,4H2,1H3. The minimum Gasteiger partial charge on any atom is -0.389 e. The molecular formula is C11H13N3O4. The van der Waals surface area contributed by atoms with Gasteiger partial charge in [0, 0.05) is 13.1 Å². The van der Waals surface area contributed by atoms with Crippen LogP contribution in [-0.4, -0.2) is 28.3 Å². The number of nitro benzene ring substituents is 1. The normalized spacial score (nSPS) is 13.4. The summed E-state index contributed by atoms with van der Waals surface area (Å²) >= 11 is 0. The Kier molecular flexibility index (Phi) is 4.59. The summed E-state index contributed by atoms with van der Waals surface area (Å²) in [5.74, 6) is 0. The van der Waals surface area contributed by atoms with E-state index < -0.39 is 17.1 Å². The van der Waals surface area contributed by atoms with Gasteiger partial charge in [-0.05, 0) is 11.6 Å². The predicted octanol–water partition coefficient (Wildman–Crippen LogP) is 0.944. The minimum absolute atomic E-state index is 0.196. The topological polar surface area (TPSA) is 119 Å². The maximum absolute atomic E-state index is 10.8. The van der Waals surface area contributed by atoms with Gasteiger partial charge in [-0.1, -0.05) is 6.07 Å². The lowest BCUT2D eigenvalue weighted by Crippen LogP contribution is -2.17. The fourth-order valence-corrected chi connectivity index (χ4v) is 1.52. The highest BCUT2D eigenvalue weighted by Gasteiger charge is 2.22. The molecule has 0 saturated carbocycles. The molecule has 0 fully saturated rings. The summed E-state index contributed by atoms with van der Waals surface area (Å²) < 4.78 is 0. The van der Waals surface area contributed by atoms with Crippen molar-refractivity contribution in [1.29, 1.82) is 5.26 Å². The van der Waals surface area contributed by atoms with Crippen molar-refractivity contribution in [3.05, 3.63) is 33.9 Å². The molecule has 2 atom stereocenters. The Morgan fingerprint density at radius 1 is 1.56 bits per heavy atom. The third kappa shape index (κ3) is 2.94. The van der Waals surface area contributed by atoms with Crippen LogP contribution >= 0.6 is 0 Å². The molecule has 0 aromatic heterocycles. The summed E-state index contributed by atoms with van der Waals surface area (Å²) in [5, 5.41) is 41.1. The molecule has 1 rings (SSSR count). The molecule has 7 heteroatoms. The van der Waals surface area contributed by atoms with Crippen molar-refractivity contribution in [1.82, 2.24) is 0 Å². The lowest BCUT2D eigenvalue weighted by molar-refractivity contribution is -0.384. The van der Waals surface area contributed by atoms with Crippen LogP contribution in [0.25, 0.3) is 0 Å². The zero-order valence-corrected chi connectivity index (χ0v) is 9.70. The number of benzene rings is 1. The van der Waals surface area contributed by atoms with E-state index in [2.05, 4.69) is 5.32 Å². The van der Waals surface area contributed by atoms with Crippen molar-refractivity contribution in [3.63, 3.8) is 0 Å². The smallest absolute Gasteiger partial charge is 0.292 e. The molecule has 0 amide bonds. The molecule has 0 aliphatic heterocycles. The van der Waals surface area contributed by atoms with Crippen LogP contribution in [0.2, 0.25) is 0 Å². The zero-order valence-electron chi connectivity index (χ0n) is 9.70. The van der Waals surface area contributed by atoms with Gasteiger partial charge in [0.15, 0.2) is 0 Å². The van der Waals surface area contributed by atoms with Gasteiger partial charge in [-0.3, -0.25) is 10.1 Å². The third-order valence-electron chi connectivity index (χ3n) is 2.49. The number of nitrogens with zero attached hydrogens (tertiary/aromatic N) is 2. The van der Waals surface area contributed by atoms with Crippen LogP contribution in [0.4, 0.5) is 11.4 Å². The largest absolute Gasteiger partial charge is 0.389 e. The molecule has 1 aromatic rings. The van der Waals surface area contributed by atoms with Crippen molar-refractivity contribution in [2.45, 2.75) is 18.6 Å². The van der Waals surface area contributed by atoms with Crippen molar-refractivity contribution >= 4 is 11.4 Å². The van der Waals surface area contributed by atoms with Gasteiger partial charge in [-0.15, -0.1) is 0 Å². The highest BCUT2D eigenvalue weighted by molar-refractivity contribution is 5.62. The van der Waals surface area contributed by atoms with E-state index in [1.165, 1.54) is 18.2 Å². The molecule has 18 heavy (non-hydrogen) atoms. The van der Waals surface area contributed by atoms with Crippen LogP contribution in [0.15, 0.2) is 18.2 Å². The lowest BCUT2D eigenvalue weighted by atomic mass is 10.0. The Hall–Kier alpha value is -2.17. The second-order valence-electron chi connectivity index (χ2n) is 3.66. The van der Waals surface area contributed by atoms with Crippen LogP contribution < -0.4 is 5.32 Å². The van der Waals surface area contributed by atoms with Crippen molar-refractivity contribution < 1.29 is 15.1 Å². The van der Waals surface area contributed by atoms with Gasteiger partial charge in [0.2, 0.25) is 0 Å². The van der Waals surface area contributed by atoms with Crippen LogP contribution in [0.1, 0.15) is 18.1 Å². The average Bonchev–Trinajstić information content (AvgIpc) is 2.37. The number of rotatable bonds is 5.